The van der Waals surface area contributed by atoms with Gasteiger partial charge in [-0.15, -0.1) is 0 Å². The van der Waals surface area contributed by atoms with E-state index in [2.05, 4.69) is 29.6 Å². The highest BCUT2D eigenvalue weighted by atomic mass is 16.5. The van der Waals surface area contributed by atoms with E-state index in [4.69, 9.17) is 18.9 Å². The van der Waals surface area contributed by atoms with Crippen molar-refractivity contribution < 1.29 is 49.0 Å². The van der Waals surface area contributed by atoms with Crippen LogP contribution in [0, 0.1) is 0 Å². The molecule has 6 rings (SSSR count). The summed E-state index contributed by atoms with van der Waals surface area (Å²) < 4.78 is 21.7. The number of piperazine rings is 2. The molecule has 0 bridgehead atoms. The first-order chi connectivity index (χ1) is 29.3. The lowest BCUT2D eigenvalue weighted by atomic mass is 10.0. The van der Waals surface area contributed by atoms with Crippen LogP contribution >= 0.6 is 0 Å². The van der Waals surface area contributed by atoms with E-state index in [0.29, 0.717) is 84.3 Å². The molecule has 0 aliphatic carbocycles. The molecule has 0 atom stereocenters. The average Bonchev–Trinajstić information content (AvgIpc) is 3.30. The van der Waals surface area contributed by atoms with Crippen molar-refractivity contribution in [1.82, 2.24) is 29.6 Å². The summed E-state index contributed by atoms with van der Waals surface area (Å²) in [5.41, 5.74) is 5.58. The third-order valence-electron chi connectivity index (χ3n) is 10.7. The molecule has 0 amide bonds. The summed E-state index contributed by atoms with van der Waals surface area (Å²) >= 11 is 0. The van der Waals surface area contributed by atoms with E-state index in [1.165, 1.54) is 12.4 Å². The Balaban J connectivity index is 0.000000228. The molecule has 4 heterocycles. The molecule has 0 saturated carbocycles. The summed E-state index contributed by atoms with van der Waals surface area (Å²) in [6.45, 7) is 10.0. The van der Waals surface area contributed by atoms with Gasteiger partial charge in [0.05, 0.1) is 51.8 Å². The van der Waals surface area contributed by atoms with Crippen LogP contribution in [0.5, 0.6) is 11.5 Å². The summed E-state index contributed by atoms with van der Waals surface area (Å²) in [6, 6.07) is 14.4. The van der Waals surface area contributed by atoms with Gasteiger partial charge in [0.2, 0.25) is 0 Å². The molecular formula is C44H58N6O10. The lowest BCUT2D eigenvalue weighted by Gasteiger charge is -2.35. The number of benzene rings is 2. The van der Waals surface area contributed by atoms with Crippen molar-refractivity contribution in [1.29, 1.82) is 0 Å². The number of rotatable bonds is 18. The Labute approximate surface area is 351 Å². The number of pyridine rings is 2. The summed E-state index contributed by atoms with van der Waals surface area (Å²) in [5.74, 6) is 0.599. The monoisotopic (exact) mass is 830 g/mol. The van der Waals surface area contributed by atoms with Crippen LogP contribution in [0.25, 0.3) is 0 Å². The summed E-state index contributed by atoms with van der Waals surface area (Å²) in [5, 5.41) is 38.3. The van der Waals surface area contributed by atoms with E-state index < -0.39 is 0 Å². The van der Waals surface area contributed by atoms with Gasteiger partial charge in [0, 0.05) is 126 Å². The maximum atomic E-state index is 12.0. The molecule has 60 heavy (non-hydrogen) atoms. The summed E-state index contributed by atoms with van der Waals surface area (Å²) in [4.78, 5) is 41.0. The number of aliphatic hydroxyl groups excluding tert-OH is 4. The van der Waals surface area contributed by atoms with Crippen LogP contribution in [0.15, 0.2) is 73.3 Å². The van der Waals surface area contributed by atoms with Crippen LogP contribution in [0.2, 0.25) is 0 Å². The second kappa shape index (κ2) is 24.3. The minimum atomic E-state index is -0.347. The van der Waals surface area contributed by atoms with Gasteiger partial charge in [-0.1, -0.05) is 24.3 Å². The van der Waals surface area contributed by atoms with Gasteiger partial charge in [-0.25, -0.2) is 9.59 Å². The lowest BCUT2D eigenvalue weighted by molar-refractivity contribution is 0.0410. The van der Waals surface area contributed by atoms with E-state index in [1.54, 1.807) is 50.9 Å². The highest BCUT2D eigenvalue weighted by molar-refractivity contribution is 5.89. The number of aromatic nitrogens is 2. The van der Waals surface area contributed by atoms with Crippen molar-refractivity contribution in [3.63, 3.8) is 0 Å². The lowest BCUT2D eigenvalue weighted by Crippen LogP contribution is -2.46. The third kappa shape index (κ3) is 13.0. The Kier molecular flexibility index (Phi) is 18.6. The van der Waals surface area contributed by atoms with Crippen molar-refractivity contribution in [2.45, 2.75) is 39.5 Å². The van der Waals surface area contributed by atoms with Crippen LogP contribution in [0.3, 0.4) is 0 Å². The molecule has 0 radical (unpaired) electrons. The third-order valence-corrected chi connectivity index (χ3v) is 10.7. The summed E-state index contributed by atoms with van der Waals surface area (Å²) in [7, 11) is 3.17. The van der Waals surface area contributed by atoms with Crippen LogP contribution in [0.4, 0.5) is 0 Å². The largest absolute Gasteiger partial charge is 0.496 e. The predicted molar refractivity (Wildman–Crippen MR) is 222 cm³/mol. The zero-order valence-corrected chi connectivity index (χ0v) is 34.6. The number of hydrogen-bond acceptors (Lipinski definition) is 16. The van der Waals surface area contributed by atoms with Gasteiger partial charge in [0.1, 0.15) is 24.7 Å². The Morgan fingerprint density at radius 1 is 0.533 bits per heavy atom. The van der Waals surface area contributed by atoms with E-state index in [0.717, 1.165) is 63.5 Å². The number of esters is 2. The number of nitrogens with zero attached hydrogens (tertiary/aromatic N) is 6. The molecule has 324 valence electrons. The Morgan fingerprint density at radius 2 is 0.900 bits per heavy atom. The van der Waals surface area contributed by atoms with Crippen LogP contribution in [0.1, 0.15) is 54.1 Å². The van der Waals surface area contributed by atoms with Gasteiger partial charge in [0.15, 0.2) is 0 Å². The van der Waals surface area contributed by atoms with Gasteiger partial charge in [0.25, 0.3) is 0 Å². The molecule has 2 aliphatic heterocycles. The SMILES string of the molecule is COc1c(CN2CCN(CCOC(=O)c3cccnc3)CC2)ccc(CO)c1CO.COc1c(CN2CCN(CCOC(=O)c3cccnc3)CC2)ccc(CO)c1CO. The van der Waals surface area contributed by atoms with Crippen LogP contribution in [-0.4, -0.2) is 155 Å². The standard InChI is InChI=1S/2C22H29N3O5/c2*1-29-21-18(4-5-19(15-26)20(21)16-27)14-25-9-7-24(8-10-25)11-12-30-22(28)17-3-2-6-23-13-17/h2*2-6,13,26-27H,7-12,14-16H2,1H3. The van der Waals surface area contributed by atoms with Gasteiger partial charge < -0.3 is 39.4 Å². The van der Waals surface area contributed by atoms with Gasteiger partial charge >= 0.3 is 11.9 Å². The quantitative estimate of drug-likeness (QED) is 0.107. The molecule has 2 fully saturated rings. The number of carbonyl (C=O) groups is 2. The minimum absolute atomic E-state index is 0.128. The maximum absolute atomic E-state index is 12.0. The highest BCUT2D eigenvalue weighted by Gasteiger charge is 2.22. The number of methoxy groups -OCH3 is 2. The Morgan fingerprint density at radius 3 is 1.22 bits per heavy atom. The average molecular weight is 831 g/mol. The van der Waals surface area contributed by atoms with Gasteiger partial charge in [-0.05, 0) is 35.4 Å². The zero-order valence-electron chi connectivity index (χ0n) is 34.6. The summed E-state index contributed by atoms with van der Waals surface area (Å²) in [6.07, 6.45) is 6.25. The molecule has 2 aromatic heterocycles. The molecule has 16 heteroatoms. The van der Waals surface area contributed by atoms with E-state index in [1.807, 2.05) is 24.3 Å². The van der Waals surface area contributed by atoms with Crippen LogP contribution in [-0.2, 0) is 49.0 Å². The van der Waals surface area contributed by atoms with Crippen molar-refractivity contribution in [3.05, 3.63) is 118 Å². The molecule has 2 aliphatic rings. The first-order valence-electron chi connectivity index (χ1n) is 20.1. The second-order valence-electron chi connectivity index (χ2n) is 14.4. The van der Waals surface area contributed by atoms with E-state index in [-0.39, 0.29) is 38.4 Å². The number of aliphatic hydroxyl groups is 4. The Bertz CT molecular complexity index is 1790. The fraction of sp³-hybridized carbons (Fsp3) is 0.455. The van der Waals surface area contributed by atoms with Crippen molar-refractivity contribution in [3.8, 4) is 11.5 Å². The van der Waals surface area contributed by atoms with Crippen LogP contribution < -0.4 is 9.47 Å². The van der Waals surface area contributed by atoms with Crippen molar-refractivity contribution in [2.24, 2.45) is 0 Å². The molecule has 2 aromatic carbocycles. The zero-order chi connectivity index (χ0) is 42.7. The fourth-order valence-electron chi connectivity index (χ4n) is 7.33. The maximum Gasteiger partial charge on any atom is 0.339 e. The second-order valence-corrected chi connectivity index (χ2v) is 14.4. The molecular weight excluding hydrogens is 773 g/mol. The first-order valence-corrected chi connectivity index (χ1v) is 20.1. The normalized spacial score (nSPS) is 15.2. The molecule has 16 nitrogen and oxygen atoms in total. The van der Waals surface area contributed by atoms with Crippen molar-refractivity contribution in [2.75, 3.05) is 92.9 Å². The number of ether oxygens (including phenoxy) is 4. The Hall–Kier alpha value is -5.04. The number of hydrogen-bond donors (Lipinski definition) is 4. The molecule has 0 unspecified atom stereocenters. The van der Waals surface area contributed by atoms with Gasteiger partial charge in [-0.2, -0.15) is 0 Å². The van der Waals surface area contributed by atoms with Crippen molar-refractivity contribution >= 4 is 11.9 Å². The predicted octanol–water partition coefficient (Wildman–Crippen LogP) is 2.10. The molecule has 0 spiro atoms. The molecule has 4 aromatic rings. The number of carbonyl (C=O) groups excluding carboxylic acids is 2. The van der Waals surface area contributed by atoms with E-state index >= 15 is 0 Å². The topological polar surface area (TPSA) is 191 Å². The fourth-order valence-corrected chi connectivity index (χ4v) is 7.33. The highest BCUT2D eigenvalue weighted by Crippen LogP contribution is 2.30. The molecule has 4 N–H and O–H groups in total. The molecule has 2 saturated heterocycles. The van der Waals surface area contributed by atoms with Gasteiger partial charge in [-0.3, -0.25) is 29.6 Å². The van der Waals surface area contributed by atoms with E-state index in [9.17, 15) is 30.0 Å². The smallest absolute Gasteiger partial charge is 0.339 e. The first kappa shape index (κ1) is 46.0. The minimum Gasteiger partial charge on any atom is -0.496 e.